The number of nitrogens with one attached hydrogen (secondary N) is 1. The molecular weight excluding hydrogens is 188 g/mol. The molecule has 0 spiro atoms. The average molecular weight is 200 g/mol. The van der Waals surface area contributed by atoms with Crippen LogP contribution >= 0.6 is 0 Å². The van der Waals surface area contributed by atoms with E-state index in [1.165, 1.54) is 0 Å². The second kappa shape index (κ2) is 4.05. The maximum Gasteiger partial charge on any atom is 0.321 e. The van der Waals surface area contributed by atoms with E-state index in [9.17, 15) is 4.79 Å². The minimum absolute atomic E-state index is 0.0238. The van der Waals surface area contributed by atoms with Gasteiger partial charge in [-0.2, -0.15) is 0 Å². The van der Waals surface area contributed by atoms with Crippen molar-refractivity contribution >= 4 is 11.7 Å². The topological polar surface area (TPSA) is 32.3 Å². The lowest BCUT2D eigenvalue weighted by Crippen LogP contribution is -2.27. The molecule has 2 amide bonds. The number of amides is 2. The van der Waals surface area contributed by atoms with Gasteiger partial charge in [0.05, 0.1) is 0 Å². The third-order valence-corrected chi connectivity index (χ3v) is 2.31. The summed E-state index contributed by atoms with van der Waals surface area (Å²) in [5, 5.41) is 2.77. The number of carbonyl (C=O) groups excluding carboxylic acids is 1. The summed E-state index contributed by atoms with van der Waals surface area (Å²) in [4.78, 5) is 13.1. The maximum atomic E-state index is 11.4. The molecule has 0 aromatic heterocycles. The largest absolute Gasteiger partial charge is 0.336 e. The van der Waals surface area contributed by atoms with Crippen molar-refractivity contribution in [1.29, 1.82) is 0 Å². The molecule has 1 heterocycles. The molecule has 1 saturated heterocycles. The van der Waals surface area contributed by atoms with Crippen LogP contribution in [0.5, 0.6) is 0 Å². The van der Waals surface area contributed by atoms with Crippen molar-refractivity contribution in [2.24, 2.45) is 0 Å². The van der Waals surface area contributed by atoms with Gasteiger partial charge in [-0.25, -0.2) is 4.79 Å². The van der Waals surface area contributed by atoms with E-state index in [2.05, 4.69) is 17.2 Å². The summed E-state index contributed by atoms with van der Waals surface area (Å²) in [6, 6.07) is 7.67. The Hall–Kier alpha value is -1.95. The lowest BCUT2D eigenvalue weighted by Gasteiger charge is -2.13. The second-order valence-corrected chi connectivity index (χ2v) is 3.31. The first kappa shape index (κ1) is 9.60. The lowest BCUT2D eigenvalue weighted by molar-refractivity contribution is 0.252. The highest BCUT2D eigenvalue weighted by Gasteiger charge is 2.20. The lowest BCUT2D eigenvalue weighted by atomic mass is 10.2. The van der Waals surface area contributed by atoms with E-state index >= 15 is 0 Å². The van der Waals surface area contributed by atoms with Gasteiger partial charge in [0.25, 0.3) is 0 Å². The molecule has 0 radical (unpaired) electrons. The minimum atomic E-state index is -0.0238. The highest BCUT2D eigenvalue weighted by Crippen LogP contribution is 2.16. The summed E-state index contributed by atoms with van der Waals surface area (Å²) in [6.45, 7) is 3.26. The Kier molecular flexibility index (Phi) is 2.59. The van der Waals surface area contributed by atoms with Crippen LogP contribution in [0.15, 0.2) is 24.3 Å². The summed E-state index contributed by atoms with van der Waals surface area (Å²) >= 11 is 0. The number of carbonyl (C=O) groups is 1. The third-order valence-electron chi connectivity index (χ3n) is 2.31. The van der Waals surface area contributed by atoms with Crippen LogP contribution in [0.1, 0.15) is 12.5 Å². The summed E-state index contributed by atoms with van der Waals surface area (Å²) in [5.41, 5.74) is 1.90. The van der Waals surface area contributed by atoms with Crippen LogP contribution in [0.3, 0.4) is 0 Å². The molecule has 1 N–H and O–H groups in total. The van der Waals surface area contributed by atoms with E-state index in [4.69, 9.17) is 0 Å². The molecule has 0 bridgehead atoms. The fourth-order valence-electron chi connectivity index (χ4n) is 1.59. The van der Waals surface area contributed by atoms with Gasteiger partial charge in [0, 0.05) is 24.3 Å². The van der Waals surface area contributed by atoms with Gasteiger partial charge in [-0.15, -0.1) is 5.92 Å². The Bertz CT molecular complexity index is 425. The quantitative estimate of drug-likeness (QED) is 0.686. The summed E-state index contributed by atoms with van der Waals surface area (Å²) < 4.78 is 0. The summed E-state index contributed by atoms with van der Waals surface area (Å²) in [5.74, 6) is 5.81. The van der Waals surface area contributed by atoms with Gasteiger partial charge < -0.3 is 5.32 Å². The van der Waals surface area contributed by atoms with Crippen molar-refractivity contribution < 1.29 is 4.79 Å². The second-order valence-electron chi connectivity index (χ2n) is 3.31. The Morgan fingerprint density at radius 2 is 2.07 bits per heavy atom. The molecule has 1 aromatic rings. The van der Waals surface area contributed by atoms with E-state index in [1.807, 2.05) is 31.2 Å². The van der Waals surface area contributed by atoms with Gasteiger partial charge in [-0.3, -0.25) is 4.90 Å². The number of benzene rings is 1. The van der Waals surface area contributed by atoms with E-state index in [0.717, 1.165) is 24.3 Å². The molecule has 2 rings (SSSR count). The van der Waals surface area contributed by atoms with E-state index in [-0.39, 0.29) is 6.03 Å². The molecule has 1 aliphatic heterocycles. The highest BCUT2D eigenvalue weighted by molar-refractivity contribution is 5.94. The fraction of sp³-hybridized carbons (Fsp3) is 0.250. The van der Waals surface area contributed by atoms with Crippen LogP contribution in [0.4, 0.5) is 10.5 Å². The number of urea groups is 1. The molecule has 0 unspecified atom stereocenters. The smallest absolute Gasteiger partial charge is 0.321 e. The number of rotatable bonds is 1. The predicted molar refractivity (Wildman–Crippen MR) is 59.7 cm³/mol. The van der Waals surface area contributed by atoms with Crippen LogP contribution in [-0.2, 0) is 0 Å². The minimum Gasteiger partial charge on any atom is -0.336 e. The zero-order valence-corrected chi connectivity index (χ0v) is 8.58. The molecule has 0 atom stereocenters. The Labute approximate surface area is 89.1 Å². The Morgan fingerprint density at radius 3 is 2.60 bits per heavy atom. The number of anilines is 1. The third kappa shape index (κ3) is 1.94. The van der Waals surface area contributed by atoms with Gasteiger partial charge in [0.2, 0.25) is 0 Å². The van der Waals surface area contributed by atoms with Gasteiger partial charge in [0.15, 0.2) is 0 Å². The van der Waals surface area contributed by atoms with Gasteiger partial charge >= 0.3 is 6.03 Å². The van der Waals surface area contributed by atoms with E-state index < -0.39 is 0 Å². The zero-order valence-electron chi connectivity index (χ0n) is 8.58. The van der Waals surface area contributed by atoms with Crippen molar-refractivity contribution in [1.82, 2.24) is 5.32 Å². The fourth-order valence-corrected chi connectivity index (χ4v) is 1.59. The van der Waals surface area contributed by atoms with Crippen molar-refractivity contribution in [3.8, 4) is 11.8 Å². The number of nitrogens with zero attached hydrogens (tertiary/aromatic N) is 1. The predicted octanol–water partition coefficient (Wildman–Crippen LogP) is 1.59. The monoisotopic (exact) mass is 200 g/mol. The summed E-state index contributed by atoms with van der Waals surface area (Å²) in [6.07, 6.45) is 0. The molecule has 0 saturated carbocycles. The standard InChI is InChI=1S/C12H12N2O/c1-2-3-10-4-6-11(7-5-10)14-9-8-13-12(14)15/h4-7H,8-9H2,1H3,(H,13,15). The van der Waals surface area contributed by atoms with E-state index in [1.54, 1.807) is 4.90 Å². The molecule has 3 heteroatoms. The maximum absolute atomic E-state index is 11.4. The van der Waals surface area contributed by atoms with Gasteiger partial charge in [0.1, 0.15) is 0 Å². The normalized spacial score (nSPS) is 14.5. The van der Waals surface area contributed by atoms with Crippen molar-refractivity contribution in [3.63, 3.8) is 0 Å². The van der Waals surface area contributed by atoms with Gasteiger partial charge in [-0.05, 0) is 31.2 Å². The number of hydrogen-bond donors (Lipinski definition) is 1. The average Bonchev–Trinajstić information content (AvgIpc) is 2.66. The van der Waals surface area contributed by atoms with Crippen LogP contribution in [0.25, 0.3) is 0 Å². The molecule has 3 nitrogen and oxygen atoms in total. The van der Waals surface area contributed by atoms with Crippen molar-refractivity contribution in [3.05, 3.63) is 29.8 Å². The number of hydrogen-bond acceptors (Lipinski definition) is 1. The van der Waals surface area contributed by atoms with Crippen LogP contribution in [0.2, 0.25) is 0 Å². The molecule has 1 fully saturated rings. The Morgan fingerprint density at radius 1 is 1.33 bits per heavy atom. The van der Waals surface area contributed by atoms with Crippen molar-refractivity contribution in [2.75, 3.05) is 18.0 Å². The van der Waals surface area contributed by atoms with E-state index in [0.29, 0.717) is 0 Å². The molecule has 1 aliphatic rings. The van der Waals surface area contributed by atoms with Crippen LogP contribution in [-0.4, -0.2) is 19.1 Å². The molecule has 0 aliphatic carbocycles. The van der Waals surface area contributed by atoms with Crippen molar-refractivity contribution in [2.45, 2.75) is 6.92 Å². The molecule has 76 valence electrons. The first-order valence-corrected chi connectivity index (χ1v) is 4.89. The molecular formula is C12H12N2O. The first-order valence-electron chi connectivity index (χ1n) is 4.89. The SMILES string of the molecule is CC#Cc1ccc(N2CCNC2=O)cc1. The highest BCUT2D eigenvalue weighted by atomic mass is 16.2. The van der Waals surface area contributed by atoms with Crippen LogP contribution in [0, 0.1) is 11.8 Å². The molecule has 1 aromatic carbocycles. The van der Waals surface area contributed by atoms with Crippen LogP contribution < -0.4 is 10.2 Å². The zero-order chi connectivity index (χ0) is 10.7. The summed E-state index contributed by atoms with van der Waals surface area (Å²) in [7, 11) is 0. The Balaban J connectivity index is 2.22. The first-order chi connectivity index (χ1) is 7.31. The molecule has 15 heavy (non-hydrogen) atoms. The van der Waals surface area contributed by atoms with Gasteiger partial charge in [-0.1, -0.05) is 5.92 Å².